The van der Waals surface area contributed by atoms with E-state index in [1.54, 1.807) is 29.6 Å². The van der Waals surface area contributed by atoms with Gasteiger partial charge in [-0.25, -0.2) is 4.39 Å². The van der Waals surface area contributed by atoms with Crippen molar-refractivity contribution >= 4 is 39.5 Å². The van der Waals surface area contributed by atoms with E-state index < -0.39 is 18.9 Å². The zero-order valence-corrected chi connectivity index (χ0v) is 21.4. The number of hydrogen-bond acceptors (Lipinski definition) is 7. The minimum atomic E-state index is -4.53. The van der Waals surface area contributed by atoms with E-state index in [1.807, 2.05) is 18.9 Å². The highest BCUT2D eigenvalue weighted by atomic mass is 32.1. The Hall–Kier alpha value is -3.58. The molecule has 4 heterocycles. The number of fused-ring (bicyclic) bond motifs is 1. The Morgan fingerprint density at radius 1 is 1.32 bits per heavy atom. The lowest BCUT2D eigenvalue weighted by molar-refractivity contribution is -0.139. The van der Waals surface area contributed by atoms with Crippen LogP contribution in [-0.2, 0) is 13.1 Å². The third kappa shape index (κ3) is 5.48. The van der Waals surface area contributed by atoms with Gasteiger partial charge in [0, 0.05) is 29.8 Å². The number of nitrogens with zero attached hydrogens (tertiary/aromatic N) is 5. The first kappa shape index (κ1) is 26.0. The monoisotopic (exact) mass is 548 g/mol. The largest absolute Gasteiger partial charge is 0.406 e. The van der Waals surface area contributed by atoms with Gasteiger partial charge in [-0.2, -0.15) is 18.2 Å². The predicted molar refractivity (Wildman–Crippen MR) is 136 cm³/mol. The molecule has 38 heavy (non-hydrogen) atoms. The van der Waals surface area contributed by atoms with Crippen LogP contribution in [0.25, 0.3) is 22.4 Å². The van der Waals surface area contributed by atoms with Gasteiger partial charge in [-0.05, 0) is 43.6 Å². The molecule has 1 aliphatic rings. The van der Waals surface area contributed by atoms with E-state index in [4.69, 9.17) is 4.52 Å². The molecule has 0 radical (unpaired) electrons. The van der Waals surface area contributed by atoms with Crippen LogP contribution in [0.3, 0.4) is 0 Å². The summed E-state index contributed by atoms with van der Waals surface area (Å²) in [6.45, 7) is 1.29. The molecule has 0 spiro atoms. The maximum Gasteiger partial charge on any atom is 0.406 e. The molecule has 0 saturated carbocycles. The molecule has 4 aromatic rings. The number of rotatable bonds is 6. The number of aromatic nitrogens is 3. The normalized spacial score (nSPS) is 17.9. The van der Waals surface area contributed by atoms with E-state index in [-0.39, 0.29) is 41.9 Å². The third-order valence-corrected chi connectivity index (χ3v) is 7.15. The molecule has 1 saturated heterocycles. The second-order valence-electron chi connectivity index (χ2n) is 9.11. The Kier molecular flexibility index (Phi) is 7.05. The van der Waals surface area contributed by atoms with Crippen LogP contribution in [0, 0.1) is 6.92 Å². The summed E-state index contributed by atoms with van der Waals surface area (Å²) >= 11 is 1.44. The Morgan fingerprint density at radius 3 is 2.84 bits per heavy atom. The quantitative estimate of drug-likeness (QED) is 0.331. The predicted octanol–water partition coefficient (Wildman–Crippen LogP) is 5.30. The number of benzene rings is 1. The number of piperidine rings is 1. The zero-order chi connectivity index (χ0) is 27.0. The van der Waals surface area contributed by atoms with Crippen molar-refractivity contribution in [3.8, 4) is 11.5 Å². The van der Waals surface area contributed by atoms with Crippen LogP contribution in [0.15, 0.2) is 45.2 Å². The number of halogens is 4. The molecular formula is C25H24F4N6O2S. The molecule has 1 N–H and O–H groups in total. The zero-order valence-electron chi connectivity index (χ0n) is 20.5. The van der Waals surface area contributed by atoms with Gasteiger partial charge >= 0.3 is 6.18 Å². The molecule has 0 aliphatic carbocycles. The van der Waals surface area contributed by atoms with Gasteiger partial charge in [0.05, 0.1) is 34.7 Å². The molecule has 1 amide bonds. The fraction of sp³-hybridized carbons (Fsp3) is 0.360. The number of thiophene rings is 1. The van der Waals surface area contributed by atoms with Gasteiger partial charge in [0.2, 0.25) is 11.7 Å². The lowest BCUT2D eigenvalue weighted by Crippen LogP contribution is -2.39. The van der Waals surface area contributed by atoms with Crippen molar-refractivity contribution in [3.05, 3.63) is 52.0 Å². The van der Waals surface area contributed by atoms with Crippen LogP contribution in [0.4, 0.5) is 23.2 Å². The van der Waals surface area contributed by atoms with Gasteiger partial charge in [0.15, 0.2) is 6.17 Å². The fourth-order valence-electron chi connectivity index (χ4n) is 4.42. The Balaban J connectivity index is 1.48. The van der Waals surface area contributed by atoms with Gasteiger partial charge in [-0.15, -0.1) is 11.3 Å². The van der Waals surface area contributed by atoms with Crippen LogP contribution >= 0.6 is 11.3 Å². The molecule has 3 aromatic heterocycles. The molecule has 0 bridgehead atoms. The summed E-state index contributed by atoms with van der Waals surface area (Å²) in [6.07, 6.45) is -5.36. The van der Waals surface area contributed by atoms with Crippen molar-refractivity contribution in [1.82, 2.24) is 24.9 Å². The number of nitrogens with one attached hydrogen (secondary N) is 1. The summed E-state index contributed by atoms with van der Waals surface area (Å²) < 4.78 is 61.6. The lowest BCUT2D eigenvalue weighted by Gasteiger charge is -2.26. The van der Waals surface area contributed by atoms with Crippen molar-refractivity contribution in [1.29, 1.82) is 0 Å². The topological polar surface area (TPSA) is 88.5 Å². The summed E-state index contributed by atoms with van der Waals surface area (Å²) in [6, 6.07) is 7.97. The van der Waals surface area contributed by atoms with Crippen LogP contribution in [-0.4, -0.2) is 63.7 Å². The van der Waals surface area contributed by atoms with Gasteiger partial charge in [-0.3, -0.25) is 9.79 Å². The van der Waals surface area contributed by atoms with E-state index in [0.29, 0.717) is 35.3 Å². The smallest absolute Gasteiger partial charge is 0.343 e. The molecule has 1 aliphatic heterocycles. The molecule has 13 heteroatoms. The lowest BCUT2D eigenvalue weighted by atomic mass is 10.1. The Morgan fingerprint density at radius 2 is 2.13 bits per heavy atom. The average Bonchev–Trinajstić information content (AvgIpc) is 3.58. The Bertz CT molecular complexity index is 1510. The van der Waals surface area contributed by atoms with E-state index in [0.717, 1.165) is 9.44 Å². The van der Waals surface area contributed by atoms with Gasteiger partial charge in [0.1, 0.15) is 6.54 Å². The summed E-state index contributed by atoms with van der Waals surface area (Å²) in [5.74, 6) is -0.349. The van der Waals surface area contributed by atoms with Crippen molar-refractivity contribution < 1.29 is 26.9 Å². The number of carbonyl (C=O) groups is 1. The maximum atomic E-state index is 14.6. The number of aryl methyl sites for hydroxylation is 1. The number of alkyl halides is 4. The number of carbonyl (C=O) groups excluding carboxylic acids is 1. The third-order valence-electron chi connectivity index (χ3n) is 6.31. The molecule has 1 aromatic carbocycles. The van der Waals surface area contributed by atoms with Crippen LogP contribution in [0.2, 0.25) is 0 Å². The number of hydrogen-bond donors (Lipinski definition) is 1. The summed E-state index contributed by atoms with van der Waals surface area (Å²) in [5, 5.41) is 8.76. The molecule has 5 rings (SSSR count). The van der Waals surface area contributed by atoms with Gasteiger partial charge in [0.25, 0.3) is 5.91 Å². The number of amides is 1. The van der Waals surface area contributed by atoms with Crippen LogP contribution < -0.4 is 5.32 Å². The summed E-state index contributed by atoms with van der Waals surface area (Å²) in [5.41, 5.74) is 1.58. The molecule has 200 valence electrons. The summed E-state index contributed by atoms with van der Waals surface area (Å²) in [4.78, 5) is 23.8. The van der Waals surface area contributed by atoms with Crippen LogP contribution in [0.5, 0.6) is 0 Å². The number of likely N-dealkylation sites (tertiary alicyclic amines) is 1. The van der Waals surface area contributed by atoms with Gasteiger partial charge < -0.3 is 19.3 Å². The number of aliphatic imine (C=N–C) groups is 1. The molecule has 1 atom stereocenters. The maximum absolute atomic E-state index is 14.6. The first-order valence-electron chi connectivity index (χ1n) is 11.8. The highest BCUT2D eigenvalue weighted by Crippen LogP contribution is 2.35. The second kappa shape index (κ2) is 10.3. The van der Waals surface area contributed by atoms with E-state index >= 15 is 0 Å². The second-order valence-corrected chi connectivity index (χ2v) is 10.2. The van der Waals surface area contributed by atoms with E-state index in [1.165, 1.54) is 17.4 Å². The van der Waals surface area contributed by atoms with Crippen molar-refractivity contribution in [2.45, 2.75) is 38.8 Å². The van der Waals surface area contributed by atoms with E-state index in [2.05, 4.69) is 20.4 Å². The van der Waals surface area contributed by atoms with Crippen molar-refractivity contribution in [3.63, 3.8) is 0 Å². The highest BCUT2D eigenvalue weighted by molar-refractivity contribution is 7.10. The minimum Gasteiger partial charge on any atom is -0.343 e. The fourth-order valence-corrected chi connectivity index (χ4v) is 5.11. The van der Waals surface area contributed by atoms with Crippen molar-refractivity contribution in [2.24, 2.45) is 4.99 Å². The first-order chi connectivity index (χ1) is 18.1. The SMILES string of the molecule is Cc1sccc1C(=O)NCc1nc(-c2cc3c(/N=C4\CCN(C)C[C@@H]4F)cccc3n2CC(F)(F)F)no1. The van der Waals surface area contributed by atoms with Crippen molar-refractivity contribution in [2.75, 3.05) is 20.1 Å². The molecule has 1 fully saturated rings. The van der Waals surface area contributed by atoms with Crippen LogP contribution in [0.1, 0.15) is 27.5 Å². The minimum absolute atomic E-state index is 0.0390. The van der Waals surface area contributed by atoms with E-state index in [9.17, 15) is 22.4 Å². The highest BCUT2D eigenvalue weighted by Gasteiger charge is 2.31. The van der Waals surface area contributed by atoms with Gasteiger partial charge in [-0.1, -0.05) is 11.2 Å². The average molecular weight is 549 g/mol. The molecular weight excluding hydrogens is 524 g/mol. The standard InChI is InChI=1S/C25H24F4N6O2S/c1-14-15(7-9-38-14)24(36)30-11-22-32-23(33-37-22)21-10-16-18(31-19-6-8-34(2)12-17(19)26)4-3-5-20(16)35(21)13-25(27,28)29/h3-5,7,9-10,17H,6,8,11-13H2,1-2H3,(H,30,36)/b31-19+/t17-/m0/s1. The summed E-state index contributed by atoms with van der Waals surface area (Å²) in [7, 11) is 1.82. The molecule has 8 nitrogen and oxygen atoms in total. The Labute approximate surface area is 219 Å². The first-order valence-corrected chi connectivity index (χ1v) is 12.7. The molecule has 0 unspecified atom stereocenters.